The maximum Gasteiger partial charge on any atom is 0.308 e. The molecule has 3 aliphatic rings. The van der Waals surface area contributed by atoms with E-state index >= 15 is 0 Å². The summed E-state index contributed by atoms with van der Waals surface area (Å²) in [5, 5.41) is 16.1. The molecule has 42 heavy (non-hydrogen) atoms. The fraction of sp³-hybridized carbons (Fsp3) is 0.871. The molecule has 11 nitrogen and oxygen atoms in total. The van der Waals surface area contributed by atoms with Crippen LogP contribution in [0.4, 0.5) is 0 Å². The number of piperidine rings is 1. The Balaban J connectivity index is 1.76. The van der Waals surface area contributed by atoms with Gasteiger partial charge in [-0.2, -0.15) is 0 Å². The number of carboxylic acids is 1. The smallest absolute Gasteiger partial charge is 0.308 e. The number of fused-ring (bicyclic) bond motifs is 2. The van der Waals surface area contributed by atoms with Gasteiger partial charge >= 0.3 is 5.97 Å². The number of carboxylic acid groups (broad SMARTS) is 1. The third kappa shape index (κ3) is 7.45. The Morgan fingerprint density at radius 2 is 1.76 bits per heavy atom. The number of ether oxygens (including phenoxy) is 2. The number of hydrogen-bond donors (Lipinski definition) is 3. The van der Waals surface area contributed by atoms with Gasteiger partial charge < -0.3 is 35.0 Å². The van der Waals surface area contributed by atoms with Crippen molar-refractivity contribution in [1.82, 2.24) is 20.4 Å². The van der Waals surface area contributed by atoms with E-state index in [1.807, 2.05) is 27.7 Å². The lowest BCUT2D eigenvalue weighted by molar-refractivity contribution is -0.152. The van der Waals surface area contributed by atoms with E-state index in [9.17, 15) is 24.3 Å². The van der Waals surface area contributed by atoms with Crippen molar-refractivity contribution in [1.29, 1.82) is 0 Å². The number of likely N-dealkylation sites (tertiary alicyclic amines) is 1. The van der Waals surface area contributed by atoms with Crippen molar-refractivity contribution in [3.63, 3.8) is 0 Å². The van der Waals surface area contributed by atoms with Crippen LogP contribution >= 0.6 is 0 Å². The van der Waals surface area contributed by atoms with Crippen molar-refractivity contribution < 1.29 is 33.8 Å². The molecule has 3 N–H and O–H groups in total. The molecule has 3 fully saturated rings. The quantitative estimate of drug-likeness (QED) is 0.263. The second kappa shape index (κ2) is 15.0. The lowest BCUT2D eigenvalue weighted by Crippen LogP contribution is -2.59. The monoisotopic (exact) mass is 594 g/mol. The summed E-state index contributed by atoms with van der Waals surface area (Å²) in [7, 11) is 4.78. The fourth-order valence-electron chi connectivity index (χ4n) is 7.42. The van der Waals surface area contributed by atoms with E-state index in [0.717, 1.165) is 32.1 Å². The van der Waals surface area contributed by atoms with Crippen LogP contribution in [-0.2, 0) is 28.7 Å². The van der Waals surface area contributed by atoms with Crippen molar-refractivity contribution in [3.8, 4) is 0 Å². The number of likely N-dealkylation sites (N-methyl/N-ethyl adjacent to an activating group) is 1. The summed E-state index contributed by atoms with van der Waals surface area (Å²) < 4.78 is 11.5. The van der Waals surface area contributed by atoms with Gasteiger partial charge in [-0.15, -0.1) is 0 Å². The van der Waals surface area contributed by atoms with Gasteiger partial charge in [-0.1, -0.05) is 34.1 Å². The molecule has 3 rings (SSSR count). The molecular formula is C31H54N4O7. The molecule has 1 aliphatic carbocycles. The van der Waals surface area contributed by atoms with Gasteiger partial charge in [-0.3, -0.25) is 19.2 Å². The van der Waals surface area contributed by atoms with E-state index in [0.29, 0.717) is 24.9 Å². The largest absolute Gasteiger partial charge is 0.481 e. The highest BCUT2D eigenvalue weighted by Gasteiger charge is 2.45. The standard InChI is InChI=1S/C31H54N4O7/c1-9-18(4)27(23(41-7)16-24(36)35-14-10-11-22(35)28(42-8)19(5)31(39)40)34(6)30(38)25(17(2)3)33-29(37)26-20-12-13-21(15-20)32-26/h17-23,25-28,32H,9-16H2,1-8H3,(H,33,37)(H,39,40)/t18-,19+,20-,21+,22?,23+,25?,26-,27-,28+/m0/s1. The minimum Gasteiger partial charge on any atom is -0.481 e. The van der Waals surface area contributed by atoms with Gasteiger partial charge in [0.2, 0.25) is 17.7 Å². The van der Waals surface area contributed by atoms with Gasteiger partial charge in [-0.25, -0.2) is 0 Å². The average molecular weight is 595 g/mol. The molecule has 0 spiro atoms. The molecule has 3 amide bonds. The molecule has 2 aliphatic heterocycles. The fourth-order valence-corrected chi connectivity index (χ4v) is 7.42. The Morgan fingerprint density at radius 3 is 2.26 bits per heavy atom. The lowest BCUT2D eigenvalue weighted by atomic mass is 9.89. The zero-order chi connectivity index (χ0) is 31.3. The van der Waals surface area contributed by atoms with E-state index in [1.165, 1.54) is 7.11 Å². The van der Waals surface area contributed by atoms with Crippen LogP contribution in [0.5, 0.6) is 0 Å². The van der Waals surface area contributed by atoms with Crippen LogP contribution in [0, 0.1) is 23.7 Å². The van der Waals surface area contributed by atoms with Crippen molar-refractivity contribution >= 4 is 23.7 Å². The molecular weight excluding hydrogens is 540 g/mol. The molecule has 1 saturated carbocycles. The minimum atomic E-state index is -0.962. The summed E-state index contributed by atoms with van der Waals surface area (Å²) in [5.41, 5.74) is 0. The summed E-state index contributed by atoms with van der Waals surface area (Å²) in [6, 6.07) is -1.32. The topological polar surface area (TPSA) is 138 Å². The first kappa shape index (κ1) is 34.3. The molecule has 2 saturated heterocycles. The third-order valence-electron chi connectivity index (χ3n) is 10.1. The second-order valence-electron chi connectivity index (χ2n) is 13.1. The van der Waals surface area contributed by atoms with Gasteiger partial charge in [-0.05, 0) is 56.8 Å². The van der Waals surface area contributed by atoms with Crippen molar-refractivity contribution in [3.05, 3.63) is 0 Å². The van der Waals surface area contributed by atoms with Gasteiger partial charge in [0.15, 0.2) is 0 Å². The molecule has 0 aromatic heterocycles. The van der Waals surface area contributed by atoms with Crippen LogP contribution in [0.2, 0.25) is 0 Å². The lowest BCUT2D eigenvalue weighted by Gasteiger charge is -2.41. The molecule has 0 aromatic carbocycles. The SMILES string of the molecule is CC[C@H](C)[C@@H]([C@@H](CC(=O)N1CCCC1[C@H](OC)[C@@H](C)C(=O)O)OC)N(C)C(=O)C(NC(=O)[C@H]1N[C@@H]2CC[C@H]1C2)C(C)C. The van der Waals surface area contributed by atoms with Crippen molar-refractivity contribution in [2.45, 2.75) is 122 Å². The Hall–Kier alpha value is -2.24. The number of aliphatic carboxylic acids is 1. The summed E-state index contributed by atoms with van der Waals surface area (Å²) in [5.74, 6) is -1.99. The van der Waals surface area contributed by atoms with E-state index < -0.39 is 36.2 Å². The highest BCUT2D eigenvalue weighted by atomic mass is 16.5. The first-order valence-electron chi connectivity index (χ1n) is 15.8. The van der Waals surface area contributed by atoms with E-state index in [2.05, 4.69) is 10.6 Å². The Bertz CT molecular complexity index is 962. The van der Waals surface area contributed by atoms with Crippen LogP contribution in [0.15, 0.2) is 0 Å². The molecule has 240 valence electrons. The molecule has 2 heterocycles. The molecule has 10 atom stereocenters. The predicted octanol–water partition coefficient (Wildman–Crippen LogP) is 2.27. The van der Waals surface area contributed by atoms with Crippen molar-refractivity contribution in [2.24, 2.45) is 23.7 Å². The third-order valence-corrected chi connectivity index (χ3v) is 10.1. The summed E-state index contributed by atoms with van der Waals surface area (Å²) in [6.45, 7) is 10.1. The second-order valence-corrected chi connectivity index (χ2v) is 13.1. The van der Waals surface area contributed by atoms with Crippen LogP contribution in [0.1, 0.15) is 79.6 Å². The average Bonchev–Trinajstić information content (AvgIpc) is 3.73. The normalized spacial score (nSPS) is 27.8. The van der Waals surface area contributed by atoms with E-state index in [4.69, 9.17) is 9.47 Å². The number of hydrogen-bond acceptors (Lipinski definition) is 7. The van der Waals surface area contributed by atoms with Crippen LogP contribution in [0.25, 0.3) is 0 Å². The zero-order valence-corrected chi connectivity index (χ0v) is 26.8. The van der Waals surface area contributed by atoms with Crippen molar-refractivity contribution in [2.75, 3.05) is 27.8 Å². The summed E-state index contributed by atoms with van der Waals surface area (Å²) in [6.07, 6.45) is 4.18. The predicted molar refractivity (Wildman–Crippen MR) is 159 cm³/mol. The van der Waals surface area contributed by atoms with Gasteiger partial charge in [0, 0.05) is 33.9 Å². The van der Waals surface area contributed by atoms with Crippen LogP contribution < -0.4 is 10.6 Å². The minimum absolute atomic E-state index is 0.0144. The maximum atomic E-state index is 14.0. The molecule has 0 radical (unpaired) electrons. The summed E-state index contributed by atoms with van der Waals surface area (Å²) in [4.78, 5) is 56.1. The first-order valence-corrected chi connectivity index (χ1v) is 15.8. The van der Waals surface area contributed by atoms with E-state index in [-0.39, 0.29) is 48.1 Å². The number of amides is 3. The van der Waals surface area contributed by atoms with Crippen LogP contribution in [0.3, 0.4) is 0 Å². The number of carbonyl (C=O) groups excluding carboxylic acids is 3. The zero-order valence-electron chi connectivity index (χ0n) is 26.8. The Labute approximate surface area is 251 Å². The number of methoxy groups -OCH3 is 2. The molecule has 0 aromatic rings. The van der Waals surface area contributed by atoms with Gasteiger partial charge in [0.25, 0.3) is 0 Å². The highest BCUT2D eigenvalue weighted by molar-refractivity contribution is 5.90. The Morgan fingerprint density at radius 1 is 1.07 bits per heavy atom. The molecule has 11 heteroatoms. The van der Waals surface area contributed by atoms with Gasteiger partial charge in [0.05, 0.1) is 42.7 Å². The number of nitrogens with zero attached hydrogens (tertiary/aromatic N) is 2. The van der Waals surface area contributed by atoms with Crippen LogP contribution in [-0.4, -0.2) is 109 Å². The maximum absolute atomic E-state index is 14.0. The molecule has 2 bridgehead atoms. The van der Waals surface area contributed by atoms with Gasteiger partial charge in [0.1, 0.15) is 6.04 Å². The first-order chi connectivity index (χ1) is 19.9. The number of rotatable bonds is 15. The Kier molecular flexibility index (Phi) is 12.2. The highest BCUT2D eigenvalue weighted by Crippen LogP contribution is 2.35. The number of carbonyl (C=O) groups is 4. The number of nitrogens with one attached hydrogen (secondary N) is 2. The van der Waals surface area contributed by atoms with E-state index in [1.54, 1.807) is 30.9 Å². The molecule has 2 unspecified atom stereocenters. The summed E-state index contributed by atoms with van der Waals surface area (Å²) >= 11 is 0.